The molecule has 9 nitrogen and oxygen atoms in total. The molecule has 0 fully saturated rings. The van der Waals surface area contributed by atoms with Crippen LogP contribution in [0.1, 0.15) is 45.1 Å². The highest BCUT2D eigenvalue weighted by atomic mass is 32.2. The van der Waals surface area contributed by atoms with E-state index in [0.29, 0.717) is 11.4 Å². The Kier molecular flexibility index (Phi) is 8.26. The maximum absolute atomic E-state index is 12.7. The van der Waals surface area contributed by atoms with Gasteiger partial charge in [0.05, 0.1) is 24.7 Å². The molecule has 1 N–H and O–H groups in total. The van der Waals surface area contributed by atoms with Crippen LogP contribution in [0.2, 0.25) is 0 Å². The van der Waals surface area contributed by atoms with Gasteiger partial charge >= 0.3 is 12.1 Å². The number of halogens is 3. The molecule has 0 aliphatic rings. The van der Waals surface area contributed by atoms with Crippen molar-refractivity contribution in [3.8, 4) is 5.75 Å². The second-order valence-electron chi connectivity index (χ2n) is 7.40. The van der Waals surface area contributed by atoms with E-state index in [1.165, 1.54) is 23.0 Å². The molecule has 2 rings (SSSR count). The number of aromatic nitrogens is 4. The van der Waals surface area contributed by atoms with Crippen LogP contribution >= 0.6 is 0 Å². The summed E-state index contributed by atoms with van der Waals surface area (Å²) in [6, 6.07) is 1.96. The van der Waals surface area contributed by atoms with E-state index >= 15 is 0 Å². The first kappa shape index (κ1) is 24.9. The van der Waals surface area contributed by atoms with Crippen LogP contribution in [0.15, 0.2) is 24.5 Å². The summed E-state index contributed by atoms with van der Waals surface area (Å²) in [7, 11) is 0. The largest absolute Gasteiger partial charge is 0.598 e. The van der Waals surface area contributed by atoms with Crippen molar-refractivity contribution in [2.45, 2.75) is 51.2 Å². The molecule has 31 heavy (non-hydrogen) atoms. The van der Waals surface area contributed by atoms with Crippen LogP contribution < -0.4 is 9.46 Å². The fraction of sp³-hybridized carbons (Fsp3) is 0.556. The Morgan fingerprint density at radius 1 is 1.29 bits per heavy atom. The zero-order valence-electron chi connectivity index (χ0n) is 17.5. The molecule has 2 aromatic heterocycles. The lowest BCUT2D eigenvalue weighted by Gasteiger charge is -2.27. The van der Waals surface area contributed by atoms with Gasteiger partial charge in [-0.25, -0.2) is 4.68 Å². The normalized spacial score (nSPS) is 14.2. The highest BCUT2D eigenvalue weighted by Gasteiger charge is 2.33. The maximum atomic E-state index is 12.7. The number of ether oxygens (including phenoxy) is 2. The minimum Gasteiger partial charge on any atom is -0.598 e. The SMILES string of the molecule is CCOC(=O)Cn1cc([C@@H](N[S+]([O-])C(C)(C)C)c2ccc(OCC(F)(F)F)cn2)nn1. The zero-order valence-corrected chi connectivity index (χ0v) is 18.3. The third kappa shape index (κ3) is 7.99. The second-order valence-corrected chi connectivity index (χ2v) is 9.40. The van der Waals surface area contributed by atoms with E-state index in [1.54, 1.807) is 27.7 Å². The highest BCUT2D eigenvalue weighted by Crippen LogP contribution is 2.25. The van der Waals surface area contributed by atoms with Crippen LogP contribution in [-0.2, 0) is 27.4 Å². The van der Waals surface area contributed by atoms with Crippen molar-refractivity contribution >= 4 is 17.3 Å². The minimum absolute atomic E-state index is 0.0669. The van der Waals surface area contributed by atoms with Crippen molar-refractivity contribution in [3.63, 3.8) is 0 Å². The Morgan fingerprint density at radius 2 is 2.00 bits per heavy atom. The van der Waals surface area contributed by atoms with Crippen LogP contribution in [0.25, 0.3) is 0 Å². The maximum Gasteiger partial charge on any atom is 0.422 e. The monoisotopic (exact) mass is 463 g/mol. The first-order chi connectivity index (χ1) is 14.4. The highest BCUT2D eigenvalue weighted by molar-refractivity contribution is 7.90. The smallest absolute Gasteiger partial charge is 0.422 e. The van der Waals surface area contributed by atoms with Crippen molar-refractivity contribution in [3.05, 3.63) is 35.9 Å². The van der Waals surface area contributed by atoms with Crippen molar-refractivity contribution in [2.75, 3.05) is 13.2 Å². The summed E-state index contributed by atoms with van der Waals surface area (Å²) in [5.74, 6) is -0.561. The number of hydrogen-bond donors (Lipinski definition) is 1. The second kappa shape index (κ2) is 10.3. The minimum atomic E-state index is -4.47. The van der Waals surface area contributed by atoms with E-state index in [1.807, 2.05) is 0 Å². The van der Waals surface area contributed by atoms with Crippen molar-refractivity contribution < 1.29 is 32.0 Å². The van der Waals surface area contributed by atoms with Gasteiger partial charge in [-0.2, -0.15) is 13.2 Å². The molecule has 172 valence electrons. The Bertz CT molecular complexity index is 855. The molecular formula is C18H24F3N5O4S. The Labute approximate surface area is 180 Å². The van der Waals surface area contributed by atoms with Crippen LogP contribution in [0.3, 0.4) is 0 Å². The van der Waals surface area contributed by atoms with Gasteiger partial charge in [0.15, 0.2) is 6.61 Å². The Morgan fingerprint density at radius 3 is 2.55 bits per heavy atom. The van der Waals surface area contributed by atoms with Gasteiger partial charge in [-0.3, -0.25) is 9.78 Å². The van der Waals surface area contributed by atoms with E-state index in [0.717, 1.165) is 6.20 Å². The first-order valence-corrected chi connectivity index (χ1v) is 10.4. The number of alkyl halides is 3. The van der Waals surface area contributed by atoms with E-state index in [-0.39, 0.29) is 18.9 Å². The van der Waals surface area contributed by atoms with Crippen molar-refractivity contribution in [2.24, 2.45) is 0 Å². The van der Waals surface area contributed by atoms with E-state index in [2.05, 4.69) is 24.8 Å². The number of nitrogens with one attached hydrogen (secondary N) is 1. The number of nitrogens with zero attached hydrogens (tertiary/aromatic N) is 4. The van der Waals surface area contributed by atoms with Gasteiger partial charge in [0.25, 0.3) is 0 Å². The van der Waals surface area contributed by atoms with Crippen molar-refractivity contribution in [1.29, 1.82) is 0 Å². The molecule has 0 saturated heterocycles. The van der Waals surface area contributed by atoms with Crippen molar-refractivity contribution in [1.82, 2.24) is 24.7 Å². The molecule has 13 heteroatoms. The molecule has 0 aromatic carbocycles. The molecule has 0 radical (unpaired) electrons. The summed E-state index contributed by atoms with van der Waals surface area (Å²) >= 11 is -1.53. The predicted molar refractivity (Wildman–Crippen MR) is 105 cm³/mol. The summed E-state index contributed by atoms with van der Waals surface area (Å²) in [5, 5.41) is 7.90. The number of rotatable bonds is 9. The van der Waals surface area contributed by atoms with Gasteiger partial charge in [-0.15, -0.1) is 9.82 Å². The molecule has 0 saturated carbocycles. The molecular weight excluding hydrogens is 439 g/mol. The third-order valence-electron chi connectivity index (χ3n) is 3.69. The molecule has 0 aliphatic carbocycles. The molecule has 0 amide bonds. The zero-order chi connectivity index (χ0) is 23.2. The lowest BCUT2D eigenvalue weighted by molar-refractivity contribution is -0.153. The summed E-state index contributed by atoms with van der Waals surface area (Å²) < 4.78 is 62.7. The fourth-order valence-electron chi connectivity index (χ4n) is 2.23. The third-order valence-corrected chi connectivity index (χ3v) is 5.25. The Balaban J connectivity index is 2.25. The van der Waals surface area contributed by atoms with Crippen LogP contribution in [0.4, 0.5) is 13.2 Å². The number of carbonyl (C=O) groups excluding carboxylic acids is 1. The topological polar surface area (TPSA) is 114 Å². The molecule has 1 unspecified atom stereocenters. The van der Waals surface area contributed by atoms with Gasteiger partial charge in [0, 0.05) is 11.4 Å². The van der Waals surface area contributed by atoms with Gasteiger partial charge in [0.2, 0.25) is 0 Å². The first-order valence-electron chi connectivity index (χ1n) is 9.28. The van der Waals surface area contributed by atoms with E-state index in [9.17, 15) is 22.5 Å². The molecule has 0 spiro atoms. The van der Waals surface area contributed by atoms with E-state index < -0.39 is 40.9 Å². The van der Waals surface area contributed by atoms with Gasteiger partial charge in [-0.1, -0.05) is 5.21 Å². The van der Waals surface area contributed by atoms with E-state index in [4.69, 9.17) is 4.74 Å². The molecule has 0 aliphatic heterocycles. The fourth-order valence-corrected chi connectivity index (χ4v) is 3.04. The molecule has 0 bridgehead atoms. The average Bonchev–Trinajstić information content (AvgIpc) is 3.11. The number of esters is 1. The summed E-state index contributed by atoms with van der Waals surface area (Å²) in [5.41, 5.74) is 0.651. The van der Waals surface area contributed by atoms with Gasteiger partial charge < -0.3 is 14.0 Å². The van der Waals surface area contributed by atoms with Gasteiger partial charge in [-0.05, 0) is 39.8 Å². The Hall–Kier alpha value is -2.38. The predicted octanol–water partition coefficient (Wildman–Crippen LogP) is 2.32. The van der Waals surface area contributed by atoms with Crippen LogP contribution in [-0.4, -0.2) is 54.6 Å². The lowest BCUT2D eigenvalue weighted by atomic mass is 10.1. The lowest BCUT2D eigenvalue weighted by Crippen LogP contribution is -2.42. The standard InChI is InChI=1S/C18H24F3N5O4S/c1-5-29-15(27)10-26-9-14(23-25-26)16(24-31(28)17(2,3)4)13-7-6-12(8-22-13)30-11-18(19,20)21/h6-9,16,24H,5,10-11H2,1-4H3/t16-,31?/m0/s1. The summed E-state index contributed by atoms with van der Waals surface area (Å²) in [4.78, 5) is 15.8. The summed E-state index contributed by atoms with van der Waals surface area (Å²) in [6.07, 6.45) is -1.85. The molecule has 2 heterocycles. The molecule has 2 aromatic rings. The summed E-state index contributed by atoms with van der Waals surface area (Å²) in [6.45, 7) is 5.62. The van der Waals surface area contributed by atoms with Crippen LogP contribution in [0.5, 0.6) is 5.75 Å². The number of pyridine rings is 1. The number of carbonyl (C=O) groups is 1. The molecule has 2 atom stereocenters. The van der Waals surface area contributed by atoms with Crippen LogP contribution in [0, 0.1) is 0 Å². The average molecular weight is 463 g/mol. The number of hydrogen-bond acceptors (Lipinski definition) is 8. The quantitative estimate of drug-likeness (QED) is 0.445. The van der Waals surface area contributed by atoms with Gasteiger partial charge in [0.1, 0.15) is 28.8 Å².